The first-order valence-electron chi connectivity index (χ1n) is 7.93. The van der Waals surface area contributed by atoms with Crippen molar-refractivity contribution in [3.05, 3.63) is 17.0 Å². The summed E-state index contributed by atoms with van der Waals surface area (Å²) in [6.07, 6.45) is 0.719. The average Bonchev–Trinajstić information content (AvgIpc) is 2.96. The zero-order valence-corrected chi connectivity index (χ0v) is 16.0. The van der Waals surface area contributed by atoms with Crippen LogP contribution in [0.1, 0.15) is 32.6 Å². The van der Waals surface area contributed by atoms with Crippen molar-refractivity contribution in [2.45, 2.75) is 38.3 Å². The molecule has 0 aliphatic heterocycles. The van der Waals surface area contributed by atoms with Gasteiger partial charge in [0.1, 0.15) is 4.21 Å². The lowest BCUT2D eigenvalue weighted by molar-refractivity contribution is 0.447. The van der Waals surface area contributed by atoms with E-state index in [1.165, 1.54) is 15.6 Å². The van der Waals surface area contributed by atoms with Gasteiger partial charge in [-0.15, -0.1) is 11.3 Å². The minimum absolute atomic E-state index is 0.401. The molecule has 0 radical (unpaired) electrons. The van der Waals surface area contributed by atoms with E-state index < -0.39 is 10.0 Å². The Kier molecular flexibility index (Phi) is 8.01. The smallest absolute Gasteiger partial charge is 0.252 e. The van der Waals surface area contributed by atoms with E-state index >= 15 is 0 Å². The van der Waals surface area contributed by atoms with Crippen LogP contribution in [-0.4, -0.2) is 44.9 Å². The maximum Gasteiger partial charge on any atom is 0.252 e. The Morgan fingerprint density at radius 3 is 2.57 bits per heavy atom. The van der Waals surface area contributed by atoms with Crippen LogP contribution in [0.15, 0.2) is 21.3 Å². The predicted molar refractivity (Wildman–Crippen MR) is 97.5 cm³/mol. The highest BCUT2D eigenvalue weighted by atomic mass is 32.2. The summed E-state index contributed by atoms with van der Waals surface area (Å²) < 4.78 is 26.7. The Bertz CT molecular complexity index is 605. The molecule has 3 N–H and O–H groups in total. The average molecular weight is 361 g/mol. The molecule has 0 bridgehead atoms. The molecule has 0 spiro atoms. The summed E-state index contributed by atoms with van der Waals surface area (Å²) >= 11 is 1.32. The fourth-order valence-corrected chi connectivity index (χ4v) is 4.94. The van der Waals surface area contributed by atoms with Gasteiger partial charge in [-0.1, -0.05) is 27.7 Å². The number of sulfonamides is 1. The van der Waals surface area contributed by atoms with Gasteiger partial charge in [-0.3, -0.25) is 4.99 Å². The second kappa shape index (κ2) is 9.24. The lowest BCUT2D eigenvalue weighted by Gasteiger charge is -2.16. The van der Waals surface area contributed by atoms with Gasteiger partial charge >= 0.3 is 0 Å². The number of aliphatic imine (C=N–C) groups is 1. The van der Waals surface area contributed by atoms with Crippen LogP contribution in [0.4, 0.5) is 0 Å². The second-order valence-corrected chi connectivity index (χ2v) is 8.94. The summed E-state index contributed by atoms with van der Waals surface area (Å²) in [6, 6.07) is 3.55. The van der Waals surface area contributed by atoms with Crippen LogP contribution >= 0.6 is 11.3 Å². The van der Waals surface area contributed by atoms with Gasteiger partial charge in [0, 0.05) is 31.1 Å². The molecule has 0 aromatic carbocycles. The summed E-state index contributed by atoms with van der Waals surface area (Å²) in [5, 5.41) is 3.05. The van der Waals surface area contributed by atoms with Gasteiger partial charge in [0.15, 0.2) is 5.96 Å². The molecule has 6 nitrogen and oxygen atoms in total. The molecular formula is C15H28N4O2S2. The van der Waals surface area contributed by atoms with E-state index in [0.29, 0.717) is 42.3 Å². The summed E-state index contributed by atoms with van der Waals surface area (Å²) in [4.78, 5) is 5.24. The Morgan fingerprint density at radius 1 is 1.35 bits per heavy atom. The van der Waals surface area contributed by atoms with Crippen LogP contribution < -0.4 is 11.1 Å². The number of nitrogens with zero attached hydrogens (tertiary/aromatic N) is 2. The van der Waals surface area contributed by atoms with Crippen molar-refractivity contribution in [1.29, 1.82) is 0 Å². The van der Waals surface area contributed by atoms with Gasteiger partial charge in [0.25, 0.3) is 10.0 Å². The molecule has 0 aliphatic rings. The molecule has 0 saturated carbocycles. The normalized spacial score (nSPS) is 13.0. The number of rotatable bonds is 9. The van der Waals surface area contributed by atoms with Gasteiger partial charge < -0.3 is 11.1 Å². The molecule has 1 aromatic heterocycles. The molecular weight excluding hydrogens is 332 g/mol. The first-order chi connectivity index (χ1) is 10.8. The van der Waals surface area contributed by atoms with Gasteiger partial charge in [0.2, 0.25) is 0 Å². The second-order valence-electron chi connectivity index (χ2n) is 5.61. The number of thiophene rings is 1. The van der Waals surface area contributed by atoms with Crippen molar-refractivity contribution in [2.24, 2.45) is 16.6 Å². The topological polar surface area (TPSA) is 87.8 Å². The molecule has 132 valence electrons. The van der Waals surface area contributed by atoms with Crippen LogP contribution in [0.5, 0.6) is 0 Å². The highest BCUT2D eigenvalue weighted by Gasteiger charge is 2.23. The molecule has 23 heavy (non-hydrogen) atoms. The fourth-order valence-electron chi connectivity index (χ4n) is 1.97. The molecule has 8 heteroatoms. The third kappa shape index (κ3) is 6.12. The van der Waals surface area contributed by atoms with Crippen molar-refractivity contribution in [1.82, 2.24) is 9.62 Å². The van der Waals surface area contributed by atoms with Gasteiger partial charge in [0.05, 0.1) is 0 Å². The van der Waals surface area contributed by atoms with Crippen LogP contribution in [0, 0.1) is 5.92 Å². The first-order valence-corrected chi connectivity index (χ1v) is 10.2. The Morgan fingerprint density at radius 2 is 2.00 bits per heavy atom. The standard InChI is InChI=1S/C15H28N4O2S2/c1-5-19(6-2)23(20,21)14-8-7-13(22-14)9-10-17-15(16)18-11-12(3)4/h7-8,12H,5-6,9-11H2,1-4H3,(H3,16,17,18). The van der Waals surface area contributed by atoms with Gasteiger partial charge in [-0.05, 0) is 24.5 Å². The Labute approximate surface area is 143 Å². The van der Waals surface area contributed by atoms with Crippen molar-refractivity contribution >= 4 is 27.3 Å². The maximum atomic E-state index is 12.4. The Hall–Kier alpha value is -1.12. The predicted octanol–water partition coefficient (Wildman–Crippen LogP) is 1.88. The molecule has 0 saturated heterocycles. The van der Waals surface area contributed by atoms with E-state index in [1.54, 1.807) is 6.07 Å². The van der Waals surface area contributed by atoms with E-state index in [4.69, 9.17) is 5.73 Å². The van der Waals surface area contributed by atoms with Crippen LogP contribution in [0.3, 0.4) is 0 Å². The van der Waals surface area contributed by atoms with Crippen LogP contribution in [0.2, 0.25) is 0 Å². The molecule has 0 atom stereocenters. The van der Waals surface area contributed by atoms with Crippen molar-refractivity contribution in [3.8, 4) is 0 Å². The Balaban J connectivity index is 2.59. The number of hydrogen-bond donors (Lipinski definition) is 2. The van der Waals surface area contributed by atoms with Gasteiger partial charge in [-0.25, -0.2) is 8.42 Å². The van der Waals surface area contributed by atoms with E-state index in [-0.39, 0.29) is 0 Å². The lowest BCUT2D eigenvalue weighted by atomic mass is 10.2. The van der Waals surface area contributed by atoms with Crippen molar-refractivity contribution < 1.29 is 8.42 Å². The van der Waals surface area contributed by atoms with Crippen molar-refractivity contribution in [2.75, 3.05) is 26.2 Å². The number of guanidine groups is 1. The molecule has 1 aromatic rings. The third-order valence-corrected chi connectivity index (χ3v) is 6.90. The summed E-state index contributed by atoms with van der Waals surface area (Å²) in [6.45, 7) is 10.2. The van der Waals surface area contributed by atoms with E-state index in [2.05, 4.69) is 24.2 Å². The highest BCUT2D eigenvalue weighted by molar-refractivity contribution is 7.91. The molecule has 1 rings (SSSR count). The quantitative estimate of drug-likeness (QED) is 0.520. The molecule has 0 aliphatic carbocycles. The largest absolute Gasteiger partial charge is 0.370 e. The highest BCUT2D eigenvalue weighted by Crippen LogP contribution is 2.25. The number of hydrogen-bond acceptors (Lipinski definition) is 4. The number of nitrogens with one attached hydrogen (secondary N) is 1. The SMILES string of the molecule is CCN(CC)S(=O)(=O)c1ccc(CCNC(N)=NCC(C)C)s1. The lowest BCUT2D eigenvalue weighted by Crippen LogP contribution is -2.33. The first kappa shape index (κ1) is 19.9. The van der Waals surface area contributed by atoms with Gasteiger partial charge in [-0.2, -0.15) is 4.31 Å². The monoisotopic (exact) mass is 360 g/mol. The minimum atomic E-state index is -3.36. The molecule has 0 fully saturated rings. The van der Waals surface area contributed by atoms with Crippen LogP contribution in [0.25, 0.3) is 0 Å². The maximum absolute atomic E-state index is 12.4. The summed E-state index contributed by atoms with van der Waals surface area (Å²) in [5.41, 5.74) is 5.78. The molecule has 0 amide bonds. The zero-order valence-electron chi connectivity index (χ0n) is 14.4. The molecule has 0 unspecified atom stereocenters. The van der Waals surface area contributed by atoms with E-state index in [1.807, 2.05) is 19.9 Å². The van der Waals surface area contributed by atoms with Crippen LogP contribution in [-0.2, 0) is 16.4 Å². The summed E-state index contributed by atoms with van der Waals surface area (Å²) in [7, 11) is -3.36. The minimum Gasteiger partial charge on any atom is -0.370 e. The van der Waals surface area contributed by atoms with Crippen molar-refractivity contribution in [3.63, 3.8) is 0 Å². The third-order valence-electron chi connectivity index (χ3n) is 3.24. The zero-order chi connectivity index (χ0) is 17.5. The van der Waals surface area contributed by atoms with E-state index in [0.717, 1.165) is 11.3 Å². The summed E-state index contributed by atoms with van der Waals surface area (Å²) in [5.74, 6) is 0.909. The van der Waals surface area contributed by atoms with E-state index in [9.17, 15) is 8.42 Å². The number of nitrogens with two attached hydrogens (primary N) is 1. The molecule has 1 heterocycles. The fraction of sp³-hybridized carbons (Fsp3) is 0.667.